The first kappa shape index (κ1) is 9.57. The third-order valence-corrected chi connectivity index (χ3v) is 3.89. The van der Waals surface area contributed by atoms with Gasteiger partial charge >= 0.3 is 0 Å². The molecule has 3 rings (SSSR count). The van der Waals surface area contributed by atoms with Gasteiger partial charge in [-0.1, -0.05) is 0 Å². The summed E-state index contributed by atoms with van der Waals surface area (Å²) in [4.78, 5) is 6.82. The second-order valence-electron chi connectivity index (χ2n) is 3.94. The summed E-state index contributed by atoms with van der Waals surface area (Å²) in [6.45, 7) is 1.98. The number of halogens is 2. The van der Waals surface area contributed by atoms with E-state index in [0.717, 1.165) is 34.6 Å². The summed E-state index contributed by atoms with van der Waals surface area (Å²) in [5.41, 5.74) is 2.00. The molecule has 0 atom stereocenters. The van der Waals surface area contributed by atoms with Crippen molar-refractivity contribution in [2.24, 2.45) is 4.99 Å². The van der Waals surface area contributed by atoms with E-state index < -0.39 is 0 Å². The molecule has 15 heavy (non-hydrogen) atoms. The van der Waals surface area contributed by atoms with Crippen LogP contribution < -0.4 is 0 Å². The van der Waals surface area contributed by atoms with Gasteiger partial charge in [-0.05, 0) is 41.1 Å². The van der Waals surface area contributed by atoms with Gasteiger partial charge in [0.05, 0.1) is 5.69 Å². The van der Waals surface area contributed by atoms with E-state index in [1.807, 2.05) is 0 Å². The maximum absolute atomic E-state index is 13.2. The van der Waals surface area contributed by atoms with Gasteiger partial charge in [0.2, 0.25) is 0 Å². The smallest absolute Gasteiger partial charge is 0.126 e. The molecule has 2 heterocycles. The van der Waals surface area contributed by atoms with Gasteiger partial charge in [-0.3, -0.25) is 0 Å². The van der Waals surface area contributed by atoms with E-state index in [-0.39, 0.29) is 5.82 Å². The van der Waals surface area contributed by atoms with Crippen molar-refractivity contribution < 1.29 is 4.39 Å². The van der Waals surface area contributed by atoms with E-state index in [1.165, 1.54) is 12.0 Å². The van der Waals surface area contributed by atoms with E-state index in [4.69, 9.17) is 0 Å². The summed E-state index contributed by atoms with van der Waals surface area (Å²) in [7, 11) is 0. The molecule has 0 unspecified atom stereocenters. The number of rotatable bonds is 0. The lowest BCUT2D eigenvalue weighted by Gasteiger charge is -2.25. The Labute approximate surface area is 101 Å². The number of hydrogen-bond donors (Lipinski definition) is 0. The van der Waals surface area contributed by atoms with Gasteiger partial charge in [0.25, 0.3) is 0 Å². The SMILES string of the molecule is Fc1cc(I)c2c(c1)N=C1CCCN1C2. The third kappa shape index (κ3) is 1.55. The summed E-state index contributed by atoms with van der Waals surface area (Å²) in [5.74, 6) is 0.942. The highest BCUT2D eigenvalue weighted by atomic mass is 127. The van der Waals surface area contributed by atoms with Gasteiger partial charge in [-0.15, -0.1) is 0 Å². The Hall–Kier alpha value is -0.650. The normalized spacial score (nSPS) is 18.5. The Bertz CT molecular complexity index is 456. The van der Waals surface area contributed by atoms with E-state index in [9.17, 15) is 4.39 Å². The molecule has 78 valence electrons. The van der Waals surface area contributed by atoms with Crippen LogP contribution in [-0.4, -0.2) is 17.3 Å². The predicted octanol–water partition coefficient (Wildman–Crippen LogP) is 3.07. The van der Waals surface area contributed by atoms with Crippen molar-refractivity contribution in [2.45, 2.75) is 19.4 Å². The van der Waals surface area contributed by atoms with Crippen LogP contribution in [0.3, 0.4) is 0 Å². The van der Waals surface area contributed by atoms with Crippen LogP contribution in [0.5, 0.6) is 0 Å². The van der Waals surface area contributed by atoms with Gasteiger partial charge in [0.1, 0.15) is 11.7 Å². The van der Waals surface area contributed by atoms with Crippen molar-refractivity contribution >= 4 is 34.1 Å². The predicted molar refractivity (Wildman–Crippen MR) is 65.9 cm³/mol. The highest BCUT2D eigenvalue weighted by Gasteiger charge is 2.25. The molecule has 1 fully saturated rings. The molecular formula is C11H10FIN2. The number of nitrogens with zero attached hydrogens (tertiary/aromatic N) is 2. The molecule has 0 N–H and O–H groups in total. The van der Waals surface area contributed by atoms with E-state index in [0.29, 0.717) is 0 Å². The van der Waals surface area contributed by atoms with Crippen molar-refractivity contribution in [3.8, 4) is 0 Å². The summed E-state index contributed by atoms with van der Waals surface area (Å²) in [6, 6.07) is 3.12. The topological polar surface area (TPSA) is 15.6 Å². The monoisotopic (exact) mass is 316 g/mol. The molecule has 2 aliphatic heterocycles. The first-order valence-electron chi connectivity index (χ1n) is 5.04. The van der Waals surface area contributed by atoms with Crippen LogP contribution in [0.2, 0.25) is 0 Å². The third-order valence-electron chi connectivity index (χ3n) is 2.93. The number of aliphatic imine (C=N–C) groups is 1. The van der Waals surface area contributed by atoms with Gasteiger partial charge in [0, 0.05) is 28.6 Å². The first-order chi connectivity index (χ1) is 7.24. The minimum Gasteiger partial charge on any atom is -0.356 e. The average molecular weight is 316 g/mol. The zero-order valence-corrected chi connectivity index (χ0v) is 10.3. The first-order valence-corrected chi connectivity index (χ1v) is 6.12. The van der Waals surface area contributed by atoms with Crippen LogP contribution in [0.4, 0.5) is 10.1 Å². The van der Waals surface area contributed by atoms with Crippen molar-refractivity contribution in [2.75, 3.05) is 6.54 Å². The quantitative estimate of drug-likeness (QED) is 0.672. The molecule has 0 bridgehead atoms. The zero-order valence-electron chi connectivity index (χ0n) is 8.13. The van der Waals surface area contributed by atoms with E-state index in [1.54, 1.807) is 12.1 Å². The molecule has 2 aliphatic rings. The maximum atomic E-state index is 13.2. The highest BCUT2D eigenvalue weighted by Crippen LogP contribution is 2.33. The van der Waals surface area contributed by atoms with E-state index >= 15 is 0 Å². The molecule has 0 aromatic heterocycles. The highest BCUT2D eigenvalue weighted by molar-refractivity contribution is 14.1. The van der Waals surface area contributed by atoms with Crippen molar-refractivity contribution in [3.05, 3.63) is 27.1 Å². The van der Waals surface area contributed by atoms with Crippen LogP contribution in [0.25, 0.3) is 0 Å². The summed E-state index contributed by atoms with van der Waals surface area (Å²) < 4.78 is 14.2. The fraction of sp³-hybridized carbons (Fsp3) is 0.364. The van der Waals surface area contributed by atoms with Crippen molar-refractivity contribution in [1.29, 1.82) is 0 Å². The molecule has 0 radical (unpaired) electrons. The molecule has 4 heteroatoms. The Morgan fingerprint density at radius 2 is 2.27 bits per heavy atom. The lowest BCUT2D eigenvalue weighted by Crippen LogP contribution is -2.27. The zero-order chi connectivity index (χ0) is 10.4. The lowest BCUT2D eigenvalue weighted by atomic mass is 10.1. The number of hydrogen-bond acceptors (Lipinski definition) is 2. The maximum Gasteiger partial charge on any atom is 0.126 e. The Morgan fingerprint density at radius 1 is 1.40 bits per heavy atom. The molecule has 2 nitrogen and oxygen atoms in total. The minimum atomic E-state index is -0.186. The molecule has 1 saturated heterocycles. The van der Waals surface area contributed by atoms with Crippen LogP contribution in [0.1, 0.15) is 18.4 Å². The number of benzene rings is 1. The van der Waals surface area contributed by atoms with Crippen molar-refractivity contribution in [3.63, 3.8) is 0 Å². The van der Waals surface area contributed by atoms with Crippen LogP contribution in [0.15, 0.2) is 17.1 Å². The van der Waals surface area contributed by atoms with Gasteiger partial charge in [-0.2, -0.15) is 0 Å². The second kappa shape index (κ2) is 3.43. The lowest BCUT2D eigenvalue weighted by molar-refractivity contribution is 0.441. The standard InChI is InChI=1S/C11H10FIN2/c12-7-4-9(13)8-6-15-3-1-2-11(15)14-10(8)5-7/h4-5H,1-3,6H2. The number of amidine groups is 1. The Balaban J connectivity index is 2.15. The number of fused-ring (bicyclic) bond motifs is 2. The largest absolute Gasteiger partial charge is 0.356 e. The minimum absolute atomic E-state index is 0.186. The molecule has 0 saturated carbocycles. The van der Waals surface area contributed by atoms with Crippen LogP contribution in [0, 0.1) is 9.39 Å². The molecule has 0 spiro atoms. The summed E-state index contributed by atoms with van der Waals surface area (Å²) in [5, 5.41) is 0. The average Bonchev–Trinajstić information content (AvgIpc) is 2.61. The van der Waals surface area contributed by atoms with Crippen LogP contribution >= 0.6 is 22.6 Å². The molecular weight excluding hydrogens is 306 g/mol. The van der Waals surface area contributed by atoms with Gasteiger partial charge in [0.15, 0.2) is 0 Å². The molecule has 0 aliphatic carbocycles. The molecule has 1 aromatic rings. The van der Waals surface area contributed by atoms with Gasteiger partial charge in [-0.25, -0.2) is 9.38 Å². The molecule has 1 aromatic carbocycles. The second-order valence-corrected chi connectivity index (χ2v) is 5.10. The van der Waals surface area contributed by atoms with Crippen LogP contribution in [-0.2, 0) is 6.54 Å². The summed E-state index contributed by atoms with van der Waals surface area (Å²) >= 11 is 2.19. The molecule has 0 amide bonds. The Kier molecular flexibility index (Phi) is 2.19. The van der Waals surface area contributed by atoms with E-state index in [2.05, 4.69) is 32.5 Å². The fourth-order valence-corrected chi connectivity index (χ4v) is 2.93. The van der Waals surface area contributed by atoms with Crippen molar-refractivity contribution in [1.82, 2.24) is 4.90 Å². The Morgan fingerprint density at radius 3 is 3.13 bits per heavy atom. The van der Waals surface area contributed by atoms with Gasteiger partial charge < -0.3 is 4.90 Å². The fourth-order valence-electron chi connectivity index (χ4n) is 2.19. The summed E-state index contributed by atoms with van der Waals surface area (Å²) in [6.07, 6.45) is 2.21.